The maximum atomic E-state index is 12.3. The molecule has 0 atom stereocenters. The summed E-state index contributed by atoms with van der Waals surface area (Å²) in [5.74, 6) is 0.439. The minimum atomic E-state index is -3.64. The number of nitrogens with zero attached hydrogens (tertiary/aromatic N) is 4. The molecule has 0 aliphatic rings. The lowest BCUT2D eigenvalue weighted by Crippen LogP contribution is -2.23. The molecule has 0 amide bonds. The first-order valence-electron chi connectivity index (χ1n) is 7.44. The van der Waals surface area contributed by atoms with Gasteiger partial charge in [-0.3, -0.25) is 9.97 Å². The molecule has 0 unspecified atom stereocenters. The van der Waals surface area contributed by atoms with Crippen LogP contribution in [0, 0.1) is 6.92 Å². The Morgan fingerprint density at radius 3 is 2.32 bits per heavy atom. The second kappa shape index (κ2) is 7.32. The van der Waals surface area contributed by atoms with E-state index in [0.29, 0.717) is 17.3 Å². The van der Waals surface area contributed by atoms with Crippen molar-refractivity contribution in [3.05, 3.63) is 66.5 Å². The van der Waals surface area contributed by atoms with Crippen LogP contribution in [-0.4, -0.2) is 28.4 Å². The van der Waals surface area contributed by atoms with E-state index in [2.05, 4.69) is 30.0 Å². The molecule has 0 radical (unpaired) electrons. The van der Waals surface area contributed by atoms with E-state index in [9.17, 15) is 8.42 Å². The fourth-order valence-corrected chi connectivity index (χ4v) is 2.97. The molecule has 3 rings (SSSR count). The molecule has 0 saturated carbocycles. The van der Waals surface area contributed by atoms with Gasteiger partial charge in [-0.2, -0.15) is 0 Å². The van der Waals surface area contributed by atoms with Crippen LogP contribution in [0.3, 0.4) is 0 Å². The summed E-state index contributed by atoms with van der Waals surface area (Å²) in [4.78, 5) is 16.5. The fraction of sp³-hybridized carbons (Fsp3) is 0.125. The summed E-state index contributed by atoms with van der Waals surface area (Å²) in [7, 11) is -3.64. The van der Waals surface area contributed by atoms with Gasteiger partial charge in [0.2, 0.25) is 16.0 Å². The third-order valence-corrected chi connectivity index (χ3v) is 4.68. The Balaban J connectivity index is 1.66. The molecule has 0 bridgehead atoms. The van der Waals surface area contributed by atoms with E-state index in [4.69, 9.17) is 0 Å². The highest BCUT2D eigenvalue weighted by atomic mass is 32.2. The number of hydrogen-bond donors (Lipinski definition) is 2. The fourth-order valence-electron chi connectivity index (χ4n) is 1.97. The molecule has 128 valence electrons. The van der Waals surface area contributed by atoms with Crippen LogP contribution < -0.4 is 10.0 Å². The van der Waals surface area contributed by atoms with Gasteiger partial charge in [0.05, 0.1) is 29.0 Å². The number of aromatic nitrogens is 4. The number of benzene rings is 1. The summed E-state index contributed by atoms with van der Waals surface area (Å²) >= 11 is 0. The summed E-state index contributed by atoms with van der Waals surface area (Å²) in [6, 6.07) is 8.03. The molecule has 25 heavy (non-hydrogen) atoms. The maximum absolute atomic E-state index is 12.3. The van der Waals surface area contributed by atoms with Crippen LogP contribution in [0.2, 0.25) is 0 Å². The average molecular weight is 356 g/mol. The van der Waals surface area contributed by atoms with Gasteiger partial charge >= 0.3 is 0 Å². The Morgan fingerprint density at radius 1 is 0.960 bits per heavy atom. The molecule has 0 aliphatic heterocycles. The normalized spacial score (nSPS) is 11.2. The van der Waals surface area contributed by atoms with Crippen molar-refractivity contribution < 1.29 is 8.42 Å². The Labute approximate surface area is 145 Å². The predicted octanol–water partition coefficient (Wildman–Crippen LogP) is 1.80. The number of aryl methyl sites for hydroxylation is 1. The summed E-state index contributed by atoms with van der Waals surface area (Å²) in [5.41, 5.74) is 2.01. The Morgan fingerprint density at radius 2 is 1.68 bits per heavy atom. The molecular weight excluding hydrogens is 340 g/mol. The second-order valence-electron chi connectivity index (χ2n) is 5.20. The van der Waals surface area contributed by atoms with Gasteiger partial charge in [-0.1, -0.05) is 0 Å². The smallest absolute Gasteiger partial charge is 0.240 e. The van der Waals surface area contributed by atoms with Crippen LogP contribution in [-0.2, 0) is 16.6 Å². The lowest BCUT2D eigenvalue weighted by Gasteiger charge is -2.08. The molecule has 2 aromatic heterocycles. The monoisotopic (exact) mass is 356 g/mol. The van der Waals surface area contributed by atoms with E-state index in [1.54, 1.807) is 43.0 Å². The van der Waals surface area contributed by atoms with E-state index >= 15 is 0 Å². The molecule has 0 saturated heterocycles. The van der Waals surface area contributed by atoms with E-state index in [1.165, 1.54) is 12.1 Å². The van der Waals surface area contributed by atoms with Crippen molar-refractivity contribution in [3.8, 4) is 0 Å². The van der Waals surface area contributed by atoms with Crippen molar-refractivity contribution in [1.82, 2.24) is 24.7 Å². The number of anilines is 2. The van der Waals surface area contributed by atoms with Crippen LogP contribution in [0.4, 0.5) is 11.6 Å². The molecule has 2 heterocycles. The minimum absolute atomic E-state index is 0.0769. The van der Waals surface area contributed by atoms with Gasteiger partial charge in [0.15, 0.2) is 0 Å². The molecule has 0 fully saturated rings. The molecule has 9 heteroatoms. The number of nitrogens with one attached hydrogen (secondary N) is 2. The van der Waals surface area contributed by atoms with Crippen LogP contribution in [0.5, 0.6) is 0 Å². The van der Waals surface area contributed by atoms with Crippen LogP contribution in [0.1, 0.15) is 11.4 Å². The van der Waals surface area contributed by atoms with Crippen molar-refractivity contribution in [2.24, 2.45) is 0 Å². The quantitative estimate of drug-likeness (QED) is 0.693. The summed E-state index contributed by atoms with van der Waals surface area (Å²) in [5, 5.41) is 2.99. The maximum Gasteiger partial charge on any atom is 0.240 e. The predicted molar refractivity (Wildman–Crippen MR) is 92.6 cm³/mol. The number of sulfonamides is 1. The second-order valence-corrected chi connectivity index (χ2v) is 6.96. The zero-order valence-corrected chi connectivity index (χ0v) is 14.2. The highest BCUT2D eigenvalue weighted by Gasteiger charge is 2.14. The topological polar surface area (TPSA) is 110 Å². The summed E-state index contributed by atoms with van der Waals surface area (Å²) < 4.78 is 27.2. The van der Waals surface area contributed by atoms with E-state index in [-0.39, 0.29) is 11.4 Å². The lowest BCUT2D eigenvalue weighted by molar-refractivity contribution is 0.580. The first kappa shape index (κ1) is 16.9. The molecule has 0 spiro atoms. The first-order valence-corrected chi connectivity index (χ1v) is 8.92. The Kier molecular flexibility index (Phi) is 4.96. The zero-order chi connectivity index (χ0) is 17.7. The van der Waals surface area contributed by atoms with Gasteiger partial charge in [0.1, 0.15) is 0 Å². The highest BCUT2D eigenvalue weighted by Crippen LogP contribution is 2.16. The van der Waals surface area contributed by atoms with Gasteiger partial charge in [-0.15, -0.1) is 0 Å². The third-order valence-electron chi connectivity index (χ3n) is 3.26. The number of rotatable bonds is 6. The lowest BCUT2D eigenvalue weighted by atomic mass is 10.3. The van der Waals surface area contributed by atoms with Crippen molar-refractivity contribution in [1.29, 1.82) is 0 Å². The van der Waals surface area contributed by atoms with Crippen molar-refractivity contribution >= 4 is 21.7 Å². The SMILES string of the molecule is Cc1cnc(CNS(=O)(=O)c2ccc(Nc3ncccn3)cc2)cn1. The molecule has 3 aromatic rings. The van der Waals surface area contributed by atoms with Gasteiger partial charge in [-0.05, 0) is 37.3 Å². The standard InChI is InChI=1S/C16H16N6O2S/c1-12-9-20-14(10-19-12)11-21-25(23,24)15-5-3-13(4-6-15)22-16-17-7-2-8-18-16/h2-10,21H,11H2,1H3,(H,17,18,22). The van der Waals surface area contributed by atoms with Crippen molar-refractivity contribution in [2.75, 3.05) is 5.32 Å². The molecule has 1 aromatic carbocycles. The Bertz CT molecular complexity index is 929. The van der Waals surface area contributed by atoms with Crippen LogP contribution in [0.25, 0.3) is 0 Å². The third kappa shape index (κ3) is 4.55. The largest absolute Gasteiger partial charge is 0.324 e. The Hall–Kier alpha value is -2.91. The van der Waals surface area contributed by atoms with Gasteiger partial charge in [0.25, 0.3) is 0 Å². The van der Waals surface area contributed by atoms with Crippen molar-refractivity contribution in [2.45, 2.75) is 18.4 Å². The molecular formula is C16H16N6O2S. The van der Waals surface area contributed by atoms with Gasteiger partial charge in [0, 0.05) is 24.3 Å². The molecule has 2 N–H and O–H groups in total. The molecule has 0 aliphatic carbocycles. The number of hydrogen-bond acceptors (Lipinski definition) is 7. The molecule has 8 nitrogen and oxygen atoms in total. The average Bonchev–Trinajstić information content (AvgIpc) is 2.63. The van der Waals surface area contributed by atoms with E-state index in [1.807, 2.05) is 6.92 Å². The van der Waals surface area contributed by atoms with Crippen LogP contribution >= 0.6 is 0 Å². The van der Waals surface area contributed by atoms with Crippen LogP contribution in [0.15, 0.2) is 60.0 Å². The van der Waals surface area contributed by atoms with Gasteiger partial charge in [-0.25, -0.2) is 23.1 Å². The van der Waals surface area contributed by atoms with Gasteiger partial charge < -0.3 is 5.32 Å². The zero-order valence-electron chi connectivity index (χ0n) is 13.4. The van der Waals surface area contributed by atoms with E-state index in [0.717, 1.165) is 5.69 Å². The first-order chi connectivity index (χ1) is 12.0. The summed E-state index contributed by atoms with van der Waals surface area (Å²) in [6.07, 6.45) is 6.37. The highest BCUT2D eigenvalue weighted by molar-refractivity contribution is 7.89. The minimum Gasteiger partial charge on any atom is -0.324 e. The van der Waals surface area contributed by atoms with E-state index < -0.39 is 10.0 Å². The van der Waals surface area contributed by atoms with Crippen molar-refractivity contribution in [3.63, 3.8) is 0 Å². The summed E-state index contributed by atoms with van der Waals surface area (Å²) in [6.45, 7) is 1.89.